The number of nitriles is 1. The second-order valence-corrected chi connectivity index (χ2v) is 12.8. The van der Waals surface area contributed by atoms with Crippen molar-refractivity contribution in [3.63, 3.8) is 0 Å². The molecule has 0 aliphatic carbocycles. The summed E-state index contributed by atoms with van der Waals surface area (Å²) in [6.45, 7) is 6.28. The fourth-order valence-corrected chi connectivity index (χ4v) is 5.39. The van der Waals surface area contributed by atoms with Gasteiger partial charge in [-0.1, -0.05) is 84.1 Å². The van der Waals surface area contributed by atoms with Crippen LogP contribution in [0.15, 0.2) is 30.5 Å². The molecule has 1 unspecified atom stereocenters. The van der Waals surface area contributed by atoms with Gasteiger partial charge in [-0.25, -0.2) is 17.9 Å². The van der Waals surface area contributed by atoms with Gasteiger partial charge in [-0.2, -0.15) is 10.4 Å². The van der Waals surface area contributed by atoms with Crippen LogP contribution in [0.25, 0.3) is 5.69 Å². The molecule has 0 saturated carbocycles. The van der Waals surface area contributed by atoms with E-state index in [0.29, 0.717) is 36.9 Å². The van der Waals surface area contributed by atoms with Crippen LogP contribution in [0.3, 0.4) is 0 Å². The lowest BCUT2D eigenvalue weighted by atomic mass is 9.95. The van der Waals surface area contributed by atoms with E-state index in [1.165, 1.54) is 87.9 Å². The third kappa shape index (κ3) is 15.1. The van der Waals surface area contributed by atoms with Gasteiger partial charge in [-0.15, -0.1) is 0 Å². The van der Waals surface area contributed by atoms with Crippen molar-refractivity contribution >= 4 is 27.6 Å². The molecule has 2 amide bonds. The molecule has 11 nitrogen and oxygen atoms in total. The van der Waals surface area contributed by atoms with Gasteiger partial charge in [0.15, 0.2) is 5.82 Å². The molecule has 240 valence electrons. The summed E-state index contributed by atoms with van der Waals surface area (Å²) >= 11 is 0. The smallest absolute Gasteiger partial charge is 0.333 e. The summed E-state index contributed by atoms with van der Waals surface area (Å²) in [6.07, 6.45) is 18.5. The molecular weight excluding hydrogens is 566 g/mol. The first-order chi connectivity index (χ1) is 20.8. The molecule has 0 fully saturated rings. The van der Waals surface area contributed by atoms with Gasteiger partial charge < -0.3 is 10.1 Å². The molecule has 2 aromatic rings. The molecule has 43 heavy (non-hydrogen) atoms. The molecule has 0 aliphatic heterocycles. The number of hydrogen-bond donors (Lipinski definition) is 4. The molecule has 2 rings (SSSR count). The molecule has 1 atom stereocenters. The maximum absolute atomic E-state index is 12.4. The third-order valence-corrected chi connectivity index (χ3v) is 7.72. The van der Waals surface area contributed by atoms with Crippen molar-refractivity contribution in [1.29, 1.82) is 5.26 Å². The van der Waals surface area contributed by atoms with Gasteiger partial charge in [0.1, 0.15) is 11.6 Å². The van der Waals surface area contributed by atoms with Crippen LogP contribution in [0.1, 0.15) is 103 Å². The summed E-state index contributed by atoms with van der Waals surface area (Å²) in [5.74, 6) is 0.846. The fourth-order valence-electron chi connectivity index (χ4n) is 4.83. The number of carbonyl (C=O) groups excluding carboxylic acids is 1. The van der Waals surface area contributed by atoms with E-state index in [0.717, 1.165) is 12.9 Å². The van der Waals surface area contributed by atoms with Crippen LogP contribution in [0.2, 0.25) is 0 Å². The lowest BCUT2D eigenvalue weighted by Gasteiger charge is -2.17. The van der Waals surface area contributed by atoms with Crippen molar-refractivity contribution in [2.75, 3.05) is 36.2 Å². The standard InChI is InChI=1S/C31H51N7O4S/c1-4-6-8-10-11-13-17-26(16-12-9-7-5-2)25-42-21-15-20-33-31(39)36-35-30-27(23-32)24-34-38(30)29-19-14-18-28(22-29)37-43(3,40)41/h14,18-19,22,24,26,35,37H,4-13,15-17,20-21,25H2,1-3H3,(H2,33,36,39). The predicted molar refractivity (Wildman–Crippen MR) is 173 cm³/mol. The summed E-state index contributed by atoms with van der Waals surface area (Å²) in [4.78, 5) is 12.4. The van der Waals surface area contributed by atoms with E-state index in [2.05, 4.69) is 39.8 Å². The highest BCUT2D eigenvalue weighted by atomic mass is 32.2. The molecule has 0 saturated heterocycles. The topological polar surface area (TPSA) is 150 Å². The first-order valence-electron chi connectivity index (χ1n) is 15.7. The van der Waals surface area contributed by atoms with Gasteiger partial charge >= 0.3 is 6.03 Å². The SMILES string of the molecule is CCCCCCCCC(CCCCCC)COCCCNC(=O)NNc1c(C#N)cnn1-c1cccc(NS(C)(=O)=O)c1. The van der Waals surface area contributed by atoms with Gasteiger partial charge in [-0.3, -0.25) is 15.6 Å². The molecule has 0 radical (unpaired) electrons. The second-order valence-electron chi connectivity index (χ2n) is 11.1. The lowest BCUT2D eigenvalue weighted by molar-refractivity contribution is 0.0895. The quantitative estimate of drug-likeness (QED) is 0.0823. The van der Waals surface area contributed by atoms with Crippen molar-refractivity contribution in [2.45, 2.75) is 97.3 Å². The van der Waals surface area contributed by atoms with Crippen LogP contribution in [0.4, 0.5) is 16.3 Å². The van der Waals surface area contributed by atoms with E-state index in [1.54, 1.807) is 24.3 Å². The number of sulfonamides is 1. The Morgan fingerprint density at radius 2 is 1.70 bits per heavy atom. The average Bonchev–Trinajstić information content (AvgIpc) is 3.39. The Hall–Kier alpha value is -3.30. The van der Waals surface area contributed by atoms with Crippen molar-refractivity contribution in [2.24, 2.45) is 5.92 Å². The van der Waals surface area contributed by atoms with Crippen LogP contribution < -0.4 is 20.9 Å². The molecule has 1 aromatic heterocycles. The zero-order chi connectivity index (χ0) is 31.3. The second kappa shape index (κ2) is 20.6. The van der Waals surface area contributed by atoms with E-state index < -0.39 is 16.1 Å². The van der Waals surface area contributed by atoms with E-state index in [1.807, 2.05) is 6.07 Å². The van der Waals surface area contributed by atoms with Crippen molar-refractivity contribution < 1.29 is 17.9 Å². The highest BCUT2D eigenvalue weighted by Gasteiger charge is 2.14. The number of hydrazine groups is 1. The number of amides is 2. The number of aromatic nitrogens is 2. The minimum atomic E-state index is -3.46. The summed E-state index contributed by atoms with van der Waals surface area (Å²) in [5.41, 5.74) is 6.35. The number of carbonyl (C=O) groups is 1. The monoisotopic (exact) mass is 617 g/mol. The fraction of sp³-hybridized carbons (Fsp3) is 0.645. The van der Waals surface area contributed by atoms with Crippen molar-refractivity contribution in [3.8, 4) is 11.8 Å². The van der Waals surface area contributed by atoms with E-state index in [9.17, 15) is 18.5 Å². The Balaban J connectivity index is 1.76. The molecule has 0 bridgehead atoms. The third-order valence-electron chi connectivity index (χ3n) is 7.11. The number of benzene rings is 1. The number of rotatable bonds is 23. The zero-order valence-corrected chi connectivity index (χ0v) is 27.0. The van der Waals surface area contributed by atoms with Gasteiger partial charge in [0, 0.05) is 19.8 Å². The van der Waals surface area contributed by atoms with Gasteiger partial charge in [0.05, 0.1) is 23.8 Å². The summed E-state index contributed by atoms with van der Waals surface area (Å²) in [6, 6.07) is 8.12. The number of ether oxygens (including phenoxy) is 1. The van der Waals surface area contributed by atoms with E-state index in [-0.39, 0.29) is 11.4 Å². The summed E-state index contributed by atoms with van der Waals surface area (Å²) < 4.78 is 33.0. The number of nitrogens with zero attached hydrogens (tertiary/aromatic N) is 3. The van der Waals surface area contributed by atoms with Crippen molar-refractivity contribution in [1.82, 2.24) is 20.5 Å². The van der Waals surface area contributed by atoms with Gasteiger partial charge in [-0.05, 0) is 43.4 Å². The van der Waals surface area contributed by atoms with Crippen LogP contribution in [0, 0.1) is 17.2 Å². The minimum Gasteiger partial charge on any atom is -0.381 e. The molecular formula is C31H51N7O4S. The largest absolute Gasteiger partial charge is 0.381 e. The first-order valence-corrected chi connectivity index (χ1v) is 17.6. The maximum atomic E-state index is 12.4. The Morgan fingerprint density at radius 3 is 2.37 bits per heavy atom. The average molecular weight is 618 g/mol. The van der Waals surface area contributed by atoms with Gasteiger partial charge in [0.25, 0.3) is 0 Å². The molecule has 0 aliphatic rings. The van der Waals surface area contributed by atoms with Crippen LogP contribution in [0.5, 0.6) is 0 Å². The number of urea groups is 1. The Labute approximate surface area is 258 Å². The summed E-state index contributed by atoms with van der Waals surface area (Å²) in [7, 11) is -3.46. The van der Waals surface area contributed by atoms with Gasteiger partial charge in [0.2, 0.25) is 10.0 Å². The van der Waals surface area contributed by atoms with Crippen LogP contribution in [-0.2, 0) is 14.8 Å². The van der Waals surface area contributed by atoms with Crippen molar-refractivity contribution in [3.05, 3.63) is 36.0 Å². The highest BCUT2D eigenvalue weighted by molar-refractivity contribution is 7.92. The minimum absolute atomic E-state index is 0.209. The number of anilines is 2. The number of hydrogen-bond acceptors (Lipinski definition) is 7. The number of unbranched alkanes of at least 4 members (excludes halogenated alkanes) is 8. The number of nitrogens with one attached hydrogen (secondary N) is 4. The Bertz CT molecular complexity index is 1230. The molecule has 0 spiro atoms. The lowest BCUT2D eigenvalue weighted by Crippen LogP contribution is -2.40. The Morgan fingerprint density at radius 1 is 1.02 bits per heavy atom. The maximum Gasteiger partial charge on any atom is 0.333 e. The van der Waals surface area contributed by atoms with Crippen LogP contribution in [-0.4, -0.2) is 50.2 Å². The van der Waals surface area contributed by atoms with E-state index in [4.69, 9.17) is 4.74 Å². The molecule has 1 heterocycles. The highest BCUT2D eigenvalue weighted by Crippen LogP contribution is 2.22. The molecule has 1 aromatic carbocycles. The van der Waals surface area contributed by atoms with E-state index >= 15 is 0 Å². The van der Waals surface area contributed by atoms with Crippen LogP contribution >= 0.6 is 0 Å². The molecule has 12 heteroatoms. The summed E-state index contributed by atoms with van der Waals surface area (Å²) in [5, 5.41) is 16.5. The normalized spacial score (nSPS) is 12.0. The Kier molecular flexibility index (Phi) is 17.2. The predicted octanol–water partition coefficient (Wildman–Crippen LogP) is 6.49. The zero-order valence-electron chi connectivity index (χ0n) is 26.2. The molecule has 4 N–H and O–H groups in total. The first kappa shape index (κ1) is 35.9.